The van der Waals surface area contributed by atoms with Crippen molar-refractivity contribution in [2.45, 2.75) is 4.90 Å². The summed E-state index contributed by atoms with van der Waals surface area (Å²) in [5.74, 6) is -1.11. The molecule has 1 N–H and O–H groups in total. The van der Waals surface area contributed by atoms with Gasteiger partial charge in [-0.1, -0.05) is 12.1 Å². The van der Waals surface area contributed by atoms with Crippen LogP contribution in [0.4, 0.5) is 15.8 Å². The van der Waals surface area contributed by atoms with Crippen LogP contribution in [0.1, 0.15) is 0 Å². The second kappa shape index (κ2) is 8.64. The third-order valence-electron chi connectivity index (χ3n) is 4.51. The molecule has 0 unspecified atom stereocenters. The van der Waals surface area contributed by atoms with Crippen LogP contribution < -0.4 is 5.32 Å². The lowest BCUT2D eigenvalue weighted by atomic mass is 10.3. The molecule has 2 aromatic carbocycles. The number of amides is 1. The molecule has 1 aliphatic heterocycles. The summed E-state index contributed by atoms with van der Waals surface area (Å²) in [6, 6.07) is 10.7. The summed E-state index contributed by atoms with van der Waals surface area (Å²) in [4.78, 5) is 23.7. The highest BCUT2D eigenvalue weighted by molar-refractivity contribution is 7.89. The molecule has 0 radical (unpaired) electrons. The number of hydrogen-bond donors (Lipinski definition) is 1. The maximum atomic E-state index is 13.9. The van der Waals surface area contributed by atoms with Crippen molar-refractivity contribution in [3.8, 4) is 0 Å². The minimum atomic E-state index is -3.93. The van der Waals surface area contributed by atoms with Crippen molar-refractivity contribution >= 4 is 27.3 Å². The van der Waals surface area contributed by atoms with Crippen LogP contribution in [0, 0.1) is 15.9 Å². The van der Waals surface area contributed by atoms with Gasteiger partial charge in [-0.3, -0.25) is 19.8 Å². The first-order valence-corrected chi connectivity index (χ1v) is 10.2. The largest absolute Gasteiger partial charge is 0.325 e. The maximum absolute atomic E-state index is 13.9. The first-order chi connectivity index (χ1) is 13.8. The van der Waals surface area contributed by atoms with E-state index < -0.39 is 20.8 Å². The summed E-state index contributed by atoms with van der Waals surface area (Å²) in [7, 11) is -3.93. The number of benzene rings is 2. The molecule has 154 valence electrons. The molecule has 1 amide bonds. The summed E-state index contributed by atoms with van der Waals surface area (Å²) in [5.41, 5.74) is 0.358. The molecular formula is C18H19FN4O5S. The first kappa shape index (κ1) is 20.8. The Labute approximate surface area is 166 Å². The van der Waals surface area contributed by atoms with Crippen LogP contribution in [0.15, 0.2) is 53.4 Å². The molecule has 1 saturated heterocycles. The number of carbonyl (C=O) groups excluding carboxylic acids is 1. The zero-order chi connectivity index (χ0) is 21.0. The second-order valence-corrected chi connectivity index (χ2v) is 8.37. The quantitative estimate of drug-likeness (QED) is 0.560. The Morgan fingerprint density at radius 3 is 2.28 bits per heavy atom. The Morgan fingerprint density at radius 2 is 1.69 bits per heavy atom. The summed E-state index contributed by atoms with van der Waals surface area (Å²) in [6.07, 6.45) is 0. The maximum Gasteiger partial charge on any atom is 0.269 e. The van der Waals surface area contributed by atoms with E-state index in [0.717, 1.165) is 6.07 Å². The molecule has 1 aliphatic rings. The monoisotopic (exact) mass is 422 g/mol. The number of non-ortho nitro benzene ring substituents is 1. The van der Waals surface area contributed by atoms with Gasteiger partial charge in [0.15, 0.2) is 0 Å². The van der Waals surface area contributed by atoms with Gasteiger partial charge in [-0.15, -0.1) is 0 Å². The van der Waals surface area contributed by atoms with E-state index in [4.69, 9.17) is 0 Å². The molecule has 0 saturated carbocycles. The highest BCUT2D eigenvalue weighted by Gasteiger charge is 2.30. The number of nitro groups is 1. The van der Waals surface area contributed by atoms with Crippen molar-refractivity contribution in [2.24, 2.45) is 0 Å². The predicted molar refractivity (Wildman–Crippen MR) is 103 cm³/mol. The Bertz CT molecular complexity index is 1010. The average molecular weight is 422 g/mol. The van der Waals surface area contributed by atoms with E-state index in [1.807, 2.05) is 0 Å². The highest BCUT2D eigenvalue weighted by Crippen LogP contribution is 2.20. The summed E-state index contributed by atoms with van der Waals surface area (Å²) >= 11 is 0. The molecular weight excluding hydrogens is 403 g/mol. The Balaban J connectivity index is 1.53. The molecule has 0 aromatic heterocycles. The van der Waals surface area contributed by atoms with Gasteiger partial charge >= 0.3 is 0 Å². The first-order valence-electron chi connectivity index (χ1n) is 8.79. The molecule has 0 aliphatic carbocycles. The number of rotatable bonds is 6. The van der Waals surface area contributed by atoms with Gasteiger partial charge in [0.05, 0.1) is 11.5 Å². The topological polar surface area (TPSA) is 113 Å². The Morgan fingerprint density at radius 1 is 1.07 bits per heavy atom. The second-order valence-electron chi connectivity index (χ2n) is 6.46. The number of hydrogen-bond acceptors (Lipinski definition) is 6. The van der Waals surface area contributed by atoms with E-state index in [1.165, 1.54) is 46.8 Å². The van der Waals surface area contributed by atoms with Gasteiger partial charge in [0.1, 0.15) is 10.7 Å². The van der Waals surface area contributed by atoms with Gasteiger partial charge in [-0.05, 0) is 24.3 Å². The van der Waals surface area contributed by atoms with E-state index in [0.29, 0.717) is 18.8 Å². The summed E-state index contributed by atoms with van der Waals surface area (Å²) in [6.45, 7) is 0.969. The molecule has 1 fully saturated rings. The van der Waals surface area contributed by atoms with Crippen LogP contribution in [0.5, 0.6) is 0 Å². The van der Waals surface area contributed by atoms with E-state index in [1.54, 1.807) is 4.90 Å². The fraction of sp³-hybridized carbons (Fsp3) is 0.278. The Hall–Kier alpha value is -2.89. The minimum absolute atomic E-state index is 0.0462. The number of nitrogens with one attached hydrogen (secondary N) is 1. The van der Waals surface area contributed by atoms with Gasteiger partial charge in [0, 0.05) is 44.0 Å². The number of piperazine rings is 1. The highest BCUT2D eigenvalue weighted by atomic mass is 32.2. The van der Waals surface area contributed by atoms with E-state index in [2.05, 4.69) is 5.32 Å². The zero-order valence-electron chi connectivity index (χ0n) is 15.3. The summed E-state index contributed by atoms with van der Waals surface area (Å²) in [5, 5.41) is 13.3. The van der Waals surface area contributed by atoms with Gasteiger partial charge < -0.3 is 5.32 Å². The number of nitro benzene ring substituents is 1. The predicted octanol–water partition coefficient (Wildman–Crippen LogP) is 1.68. The number of halogens is 1. The van der Waals surface area contributed by atoms with Gasteiger partial charge in [-0.2, -0.15) is 4.31 Å². The third kappa shape index (κ3) is 4.94. The van der Waals surface area contributed by atoms with Crippen molar-refractivity contribution in [1.29, 1.82) is 0 Å². The number of sulfonamides is 1. The summed E-state index contributed by atoms with van der Waals surface area (Å²) < 4.78 is 40.3. The normalized spacial score (nSPS) is 15.8. The lowest BCUT2D eigenvalue weighted by Crippen LogP contribution is -2.50. The molecule has 0 spiro atoms. The molecule has 0 bridgehead atoms. The minimum Gasteiger partial charge on any atom is -0.325 e. The van der Waals surface area contributed by atoms with Gasteiger partial charge in [0.2, 0.25) is 15.9 Å². The van der Waals surface area contributed by atoms with E-state index in [9.17, 15) is 27.7 Å². The van der Waals surface area contributed by atoms with Crippen LogP contribution in [0.3, 0.4) is 0 Å². The SMILES string of the molecule is O=C(CN1CCN(S(=O)(=O)c2ccccc2F)CC1)Nc1ccc([N+](=O)[O-])cc1. The third-order valence-corrected chi connectivity index (χ3v) is 6.45. The number of anilines is 1. The van der Waals surface area contributed by atoms with Crippen LogP contribution in [0.2, 0.25) is 0 Å². The van der Waals surface area contributed by atoms with Gasteiger partial charge in [0.25, 0.3) is 5.69 Å². The van der Waals surface area contributed by atoms with E-state index in [-0.39, 0.29) is 36.1 Å². The van der Waals surface area contributed by atoms with E-state index >= 15 is 0 Å². The standard InChI is InChI=1S/C18H19FN4O5S/c19-16-3-1-2-4-17(16)29(27,28)22-11-9-21(10-12-22)13-18(24)20-14-5-7-15(8-6-14)23(25)26/h1-8H,9-13H2,(H,20,24). The molecule has 9 nitrogen and oxygen atoms in total. The number of nitrogens with zero attached hydrogens (tertiary/aromatic N) is 3. The lowest BCUT2D eigenvalue weighted by molar-refractivity contribution is -0.384. The molecule has 0 atom stereocenters. The number of carbonyl (C=O) groups is 1. The average Bonchev–Trinajstić information content (AvgIpc) is 2.69. The van der Waals surface area contributed by atoms with Crippen LogP contribution in [-0.4, -0.2) is 61.2 Å². The smallest absolute Gasteiger partial charge is 0.269 e. The molecule has 11 heteroatoms. The molecule has 29 heavy (non-hydrogen) atoms. The van der Waals surface area contributed by atoms with Crippen LogP contribution >= 0.6 is 0 Å². The van der Waals surface area contributed by atoms with Crippen molar-refractivity contribution in [2.75, 3.05) is 38.0 Å². The van der Waals surface area contributed by atoms with Gasteiger partial charge in [-0.25, -0.2) is 12.8 Å². The van der Waals surface area contributed by atoms with Crippen molar-refractivity contribution in [3.05, 3.63) is 64.5 Å². The van der Waals surface area contributed by atoms with Crippen molar-refractivity contribution in [3.63, 3.8) is 0 Å². The zero-order valence-corrected chi connectivity index (χ0v) is 16.1. The molecule has 2 aromatic rings. The Kier molecular flexibility index (Phi) is 6.20. The fourth-order valence-corrected chi connectivity index (χ4v) is 4.48. The fourth-order valence-electron chi connectivity index (χ4n) is 2.99. The van der Waals surface area contributed by atoms with Crippen LogP contribution in [-0.2, 0) is 14.8 Å². The lowest BCUT2D eigenvalue weighted by Gasteiger charge is -2.33. The van der Waals surface area contributed by atoms with Crippen molar-refractivity contribution < 1.29 is 22.5 Å². The van der Waals surface area contributed by atoms with Crippen LogP contribution in [0.25, 0.3) is 0 Å². The molecule has 3 rings (SSSR count). The van der Waals surface area contributed by atoms with Crippen molar-refractivity contribution in [1.82, 2.24) is 9.21 Å². The molecule has 1 heterocycles.